The molecule has 0 aliphatic heterocycles. The van der Waals surface area contributed by atoms with E-state index in [4.69, 9.17) is 5.73 Å². The van der Waals surface area contributed by atoms with Crippen molar-refractivity contribution in [1.82, 2.24) is 4.98 Å². The molecule has 0 saturated heterocycles. The van der Waals surface area contributed by atoms with E-state index >= 15 is 0 Å². The van der Waals surface area contributed by atoms with Gasteiger partial charge in [-0.1, -0.05) is 13.3 Å². The third-order valence-electron chi connectivity index (χ3n) is 1.35. The van der Waals surface area contributed by atoms with Gasteiger partial charge in [0.05, 0.1) is 5.51 Å². The Balaban J connectivity index is 2.87. The lowest BCUT2D eigenvalue weighted by atomic mass is 10.2. The first-order chi connectivity index (χ1) is 5.25. The summed E-state index contributed by atoms with van der Waals surface area (Å²) in [5.74, 6) is -0.422. The number of nitrogens with two attached hydrogens (primary N) is 1. The standard InChI is InChI=1S/C7H10N2OS/c1-2-3-5-6(7(8)10)9-4-11-5/h4H,2-3H2,1H3,(H2,8,10). The van der Waals surface area contributed by atoms with Crippen molar-refractivity contribution in [1.29, 1.82) is 0 Å². The predicted molar refractivity (Wildman–Crippen MR) is 44.6 cm³/mol. The molecule has 60 valence electrons. The molecule has 0 saturated carbocycles. The average molecular weight is 170 g/mol. The molecule has 0 aromatic carbocycles. The molecule has 1 amide bonds. The lowest BCUT2D eigenvalue weighted by Gasteiger charge is -1.93. The summed E-state index contributed by atoms with van der Waals surface area (Å²) >= 11 is 1.49. The van der Waals surface area contributed by atoms with Crippen LogP contribution in [0.15, 0.2) is 5.51 Å². The third-order valence-corrected chi connectivity index (χ3v) is 2.24. The van der Waals surface area contributed by atoms with Crippen molar-refractivity contribution >= 4 is 17.2 Å². The van der Waals surface area contributed by atoms with Crippen molar-refractivity contribution in [2.75, 3.05) is 0 Å². The van der Waals surface area contributed by atoms with E-state index in [-0.39, 0.29) is 0 Å². The largest absolute Gasteiger partial charge is 0.364 e. The highest BCUT2D eigenvalue weighted by atomic mass is 32.1. The normalized spacial score (nSPS) is 9.91. The van der Waals surface area contributed by atoms with Crippen LogP contribution < -0.4 is 5.73 Å². The van der Waals surface area contributed by atoms with E-state index in [2.05, 4.69) is 11.9 Å². The maximum atomic E-state index is 10.7. The second-order valence-electron chi connectivity index (χ2n) is 2.24. The molecule has 3 nitrogen and oxygen atoms in total. The van der Waals surface area contributed by atoms with Crippen LogP contribution in [0.25, 0.3) is 0 Å². The van der Waals surface area contributed by atoms with Crippen molar-refractivity contribution in [2.45, 2.75) is 19.8 Å². The molecule has 2 N–H and O–H groups in total. The Kier molecular flexibility index (Phi) is 2.59. The molecular formula is C7H10N2OS. The van der Waals surface area contributed by atoms with E-state index in [9.17, 15) is 4.79 Å². The van der Waals surface area contributed by atoms with E-state index in [0.717, 1.165) is 17.7 Å². The number of nitrogens with zero attached hydrogens (tertiary/aromatic N) is 1. The number of thiazole rings is 1. The topological polar surface area (TPSA) is 56.0 Å². The summed E-state index contributed by atoms with van der Waals surface area (Å²) in [4.78, 5) is 15.6. The Labute approximate surface area is 69.3 Å². The fourth-order valence-electron chi connectivity index (χ4n) is 0.876. The van der Waals surface area contributed by atoms with Crippen molar-refractivity contribution < 1.29 is 4.79 Å². The first-order valence-electron chi connectivity index (χ1n) is 3.48. The highest BCUT2D eigenvalue weighted by Crippen LogP contribution is 2.14. The van der Waals surface area contributed by atoms with E-state index in [1.807, 2.05) is 0 Å². The molecule has 0 bridgehead atoms. The zero-order valence-corrected chi connectivity index (χ0v) is 7.15. The number of hydrogen-bond acceptors (Lipinski definition) is 3. The number of carbonyl (C=O) groups is 1. The van der Waals surface area contributed by atoms with Crippen molar-refractivity contribution in [3.63, 3.8) is 0 Å². The quantitative estimate of drug-likeness (QED) is 0.740. The van der Waals surface area contributed by atoms with Gasteiger partial charge in [0, 0.05) is 4.88 Å². The lowest BCUT2D eigenvalue weighted by molar-refractivity contribution is 0.0995. The van der Waals surface area contributed by atoms with E-state index in [0.29, 0.717) is 5.69 Å². The molecule has 0 radical (unpaired) electrons. The number of carbonyl (C=O) groups excluding carboxylic acids is 1. The monoisotopic (exact) mass is 170 g/mol. The molecule has 11 heavy (non-hydrogen) atoms. The summed E-state index contributed by atoms with van der Waals surface area (Å²) in [6.07, 6.45) is 1.91. The zero-order valence-electron chi connectivity index (χ0n) is 6.33. The smallest absolute Gasteiger partial charge is 0.268 e. The molecule has 1 aromatic rings. The summed E-state index contributed by atoms with van der Waals surface area (Å²) in [5, 5.41) is 0. The van der Waals surface area contributed by atoms with Gasteiger partial charge in [-0.25, -0.2) is 4.98 Å². The Morgan fingerprint density at radius 1 is 1.82 bits per heavy atom. The Bertz CT molecular complexity index is 257. The fourth-order valence-corrected chi connectivity index (χ4v) is 1.75. The van der Waals surface area contributed by atoms with Crippen molar-refractivity contribution in [3.05, 3.63) is 16.1 Å². The Hall–Kier alpha value is -0.900. The molecular weight excluding hydrogens is 160 g/mol. The van der Waals surface area contributed by atoms with Gasteiger partial charge in [-0.3, -0.25) is 4.79 Å². The van der Waals surface area contributed by atoms with Crippen LogP contribution in [0.5, 0.6) is 0 Å². The van der Waals surface area contributed by atoms with Gasteiger partial charge in [-0.15, -0.1) is 11.3 Å². The SMILES string of the molecule is CCCc1scnc1C(N)=O. The van der Waals surface area contributed by atoms with Gasteiger partial charge in [0.1, 0.15) is 5.69 Å². The maximum Gasteiger partial charge on any atom is 0.268 e. The number of aryl methyl sites for hydroxylation is 1. The first-order valence-corrected chi connectivity index (χ1v) is 4.35. The van der Waals surface area contributed by atoms with Crippen LogP contribution in [0.3, 0.4) is 0 Å². The van der Waals surface area contributed by atoms with Gasteiger partial charge in [0.2, 0.25) is 0 Å². The second-order valence-corrected chi connectivity index (χ2v) is 3.18. The number of hydrogen-bond donors (Lipinski definition) is 1. The summed E-state index contributed by atoms with van der Waals surface area (Å²) in [7, 11) is 0. The number of rotatable bonds is 3. The molecule has 0 aliphatic carbocycles. The minimum absolute atomic E-state index is 0.422. The van der Waals surface area contributed by atoms with Gasteiger partial charge in [0.15, 0.2) is 0 Å². The summed E-state index contributed by atoms with van der Waals surface area (Å²) < 4.78 is 0. The van der Waals surface area contributed by atoms with Crippen LogP contribution >= 0.6 is 11.3 Å². The number of aromatic nitrogens is 1. The van der Waals surface area contributed by atoms with Gasteiger partial charge in [-0.2, -0.15) is 0 Å². The highest BCUT2D eigenvalue weighted by Gasteiger charge is 2.09. The van der Waals surface area contributed by atoms with Crippen LogP contribution in [0.4, 0.5) is 0 Å². The highest BCUT2D eigenvalue weighted by molar-refractivity contribution is 7.09. The van der Waals surface area contributed by atoms with Crippen molar-refractivity contribution in [2.24, 2.45) is 5.73 Å². The first kappa shape index (κ1) is 8.20. The van der Waals surface area contributed by atoms with Crippen molar-refractivity contribution in [3.8, 4) is 0 Å². The average Bonchev–Trinajstić information content (AvgIpc) is 2.36. The van der Waals surface area contributed by atoms with Gasteiger partial charge in [-0.05, 0) is 6.42 Å². The van der Waals surface area contributed by atoms with Crippen LogP contribution in [0.2, 0.25) is 0 Å². The lowest BCUT2D eigenvalue weighted by Crippen LogP contribution is -2.13. The maximum absolute atomic E-state index is 10.7. The summed E-state index contributed by atoms with van der Waals surface area (Å²) in [5.41, 5.74) is 7.19. The zero-order chi connectivity index (χ0) is 8.27. The molecule has 0 fully saturated rings. The summed E-state index contributed by atoms with van der Waals surface area (Å²) in [6, 6.07) is 0. The van der Waals surface area contributed by atoms with Crippen LogP contribution in [0, 0.1) is 0 Å². The number of primary amides is 1. The van der Waals surface area contributed by atoms with Crippen LogP contribution in [-0.4, -0.2) is 10.9 Å². The molecule has 0 spiro atoms. The van der Waals surface area contributed by atoms with E-state index in [1.54, 1.807) is 5.51 Å². The number of amides is 1. The van der Waals surface area contributed by atoms with Gasteiger partial charge in [0.25, 0.3) is 5.91 Å². The molecule has 0 unspecified atom stereocenters. The molecule has 0 atom stereocenters. The minimum atomic E-state index is -0.422. The van der Waals surface area contributed by atoms with Gasteiger partial charge >= 0.3 is 0 Å². The fraction of sp³-hybridized carbons (Fsp3) is 0.429. The molecule has 4 heteroatoms. The Morgan fingerprint density at radius 2 is 2.55 bits per heavy atom. The second kappa shape index (κ2) is 3.48. The summed E-state index contributed by atoms with van der Waals surface area (Å²) in [6.45, 7) is 2.06. The van der Waals surface area contributed by atoms with Crippen LogP contribution in [0.1, 0.15) is 28.7 Å². The molecule has 1 rings (SSSR count). The van der Waals surface area contributed by atoms with E-state index < -0.39 is 5.91 Å². The molecule has 1 heterocycles. The predicted octanol–water partition coefficient (Wildman–Crippen LogP) is 1.19. The Morgan fingerprint density at radius 3 is 3.09 bits per heavy atom. The molecule has 0 aliphatic rings. The third kappa shape index (κ3) is 1.77. The minimum Gasteiger partial charge on any atom is -0.364 e. The van der Waals surface area contributed by atoms with E-state index in [1.165, 1.54) is 11.3 Å². The van der Waals surface area contributed by atoms with Gasteiger partial charge < -0.3 is 5.73 Å². The molecule has 1 aromatic heterocycles. The van der Waals surface area contributed by atoms with Crippen LogP contribution in [-0.2, 0) is 6.42 Å².